The van der Waals surface area contributed by atoms with Crippen LogP contribution in [0.5, 0.6) is 0 Å². The normalized spacial score (nSPS) is 13.5. The summed E-state index contributed by atoms with van der Waals surface area (Å²) in [5.74, 6) is -0.215. The zero-order chi connectivity index (χ0) is 20.5. The first kappa shape index (κ1) is 19.1. The van der Waals surface area contributed by atoms with Gasteiger partial charge in [0.2, 0.25) is 0 Å². The van der Waals surface area contributed by atoms with E-state index >= 15 is 0 Å². The number of amides is 2. The zero-order valence-corrected chi connectivity index (χ0v) is 16.9. The average molecular weight is 410 g/mol. The lowest BCUT2D eigenvalue weighted by atomic mass is 10.2. The highest BCUT2D eigenvalue weighted by molar-refractivity contribution is 6.30. The molecule has 0 aliphatic carbocycles. The highest BCUT2D eigenvalue weighted by atomic mass is 35.5. The van der Waals surface area contributed by atoms with Crippen molar-refractivity contribution in [2.24, 2.45) is 0 Å². The number of hydrogen-bond acceptors (Lipinski definition) is 3. The molecular formula is C22H20ClN3O3. The van der Waals surface area contributed by atoms with Gasteiger partial charge in [0.1, 0.15) is 6.61 Å². The standard InChI is InChI=1S/C22H20ClN3O3/c1-14-11-20(15(2)26(14)19-8-3-5-16(23)12-19)21(27)24-17-6-4-7-18(13-17)25-9-10-29-22(25)28/h3-8,11-13H,9-10H2,1-2H3,(H,24,27). The number of nitrogens with one attached hydrogen (secondary N) is 1. The minimum absolute atomic E-state index is 0.215. The number of halogens is 1. The number of anilines is 2. The predicted octanol–water partition coefficient (Wildman–Crippen LogP) is 4.96. The minimum atomic E-state index is -0.376. The van der Waals surface area contributed by atoms with Gasteiger partial charge in [-0.1, -0.05) is 23.7 Å². The van der Waals surface area contributed by atoms with E-state index in [9.17, 15) is 9.59 Å². The molecule has 29 heavy (non-hydrogen) atoms. The number of carbonyl (C=O) groups excluding carboxylic acids is 2. The number of nitrogens with zero attached hydrogens (tertiary/aromatic N) is 2. The van der Waals surface area contributed by atoms with Crippen LogP contribution in [0.4, 0.5) is 16.2 Å². The van der Waals surface area contributed by atoms with Crippen LogP contribution in [-0.4, -0.2) is 29.7 Å². The van der Waals surface area contributed by atoms with Gasteiger partial charge in [-0.3, -0.25) is 9.69 Å². The number of rotatable bonds is 4. The largest absolute Gasteiger partial charge is 0.447 e. The number of cyclic esters (lactones) is 1. The van der Waals surface area contributed by atoms with E-state index in [4.69, 9.17) is 16.3 Å². The Balaban J connectivity index is 1.60. The molecule has 0 radical (unpaired) electrons. The first-order valence-electron chi connectivity index (χ1n) is 9.24. The summed E-state index contributed by atoms with van der Waals surface area (Å²) in [7, 11) is 0. The van der Waals surface area contributed by atoms with Gasteiger partial charge in [0, 0.05) is 33.5 Å². The van der Waals surface area contributed by atoms with Crippen LogP contribution < -0.4 is 10.2 Å². The summed E-state index contributed by atoms with van der Waals surface area (Å²) in [5, 5.41) is 3.56. The Morgan fingerprint density at radius 1 is 1.07 bits per heavy atom. The van der Waals surface area contributed by atoms with Crippen LogP contribution in [-0.2, 0) is 4.74 Å². The molecule has 3 aromatic rings. The van der Waals surface area contributed by atoms with Crippen molar-refractivity contribution in [2.75, 3.05) is 23.4 Å². The Bertz CT molecular complexity index is 1110. The third-order valence-electron chi connectivity index (χ3n) is 4.92. The maximum atomic E-state index is 12.9. The van der Waals surface area contributed by atoms with E-state index in [1.54, 1.807) is 23.1 Å². The van der Waals surface area contributed by atoms with E-state index in [0.717, 1.165) is 17.1 Å². The molecule has 0 spiro atoms. The van der Waals surface area contributed by atoms with E-state index in [-0.39, 0.29) is 12.0 Å². The summed E-state index contributed by atoms with van der Waals surface area (Å²) in [5.41, 5.74) is 4.54. The highest BCUT2D eigenvalue weighted by Crippen LogP contribution is 2.26. The molecule has 1 fully saturated rings. The number of ether oxygens (including phenoxy) is 1. The summed E-state index contributed by atoms with van der Waals surface area (Å²) in [6.45, 7) is 4.71. The molecule has 0 unspecified atom stereocenters. The van der Waals surface area contributed by atoms with Crippen LogP contribution in [0.3, 0.4) is 0 Å². The van der Waals surface area contributed by atoms with Crippen molar-refractivity contribution < 1.29 is 14.3 Å². The van der Waals surface area contributed by atoms with Crippen molar-refractivity contribution in [3.05, 3.63) is 76.6 Å². The number of benzene rings is 2. The minimum Gasteiger partial charge on any atom is -0.447 e. The van der Waals surface area contributed by atoms with Crippen LogP contribution in [0, 0.1) is 13.8 Å². The smallest absolute Gasteiger partial charge is 0.414 e. The van der Waals surface area contributed by atoms with Gasteiger partial charge < -0.3 is 14.6 Å². The summed E-state index contributed by atoms with van der Waals surface area (Å²) in [6, 6.07) is 16.5. The number of hydrogen-bond donors (Lipinski definition) is 1. The fraction of sp³-hybridized carbons (Fsp3) is 0.182. The van der Waals surface area contributed by atoms with Gasteiger partial charge in [0.15, 0.2) is 0 Å². The fourth-order valence-electron chi connectivity index (χ4n) is 3.58. The molecule has 2 aromatic carbocycles. The summed E-state index contributed by atoms with van der Waals surface area (Å²) in [6.07, 6.45) is -0.376. The molecule has 148 valence electrons. The molecule has 1 saturated heterocycles. The Morgan fingerprint density at radius 3 is 2.55 bits per heavy atom. The second-order valence-electron chi connectivity index (χ2n) is 6.87. The molecule has 7 heteroatoms. The topological polar surface area (TPSA) is 63.6 Å². The lowest BCUT2D eigenvalue weighted by molar-refractivity contribution is 0.102. The van der Waals surface area contributed by atoms with Gasteiger partial charge in [-0.15, -0.1) is 0 Å². The summed E-state index contributed by atoms with van der Waals surface area (Å²) in [4.78, 5) is 26.3. The molecule has 1 aliphatic heterocycles. The lowest BCUT2D eigenvalue weighted by Gasteiger charge is -2.14. The molecule has 2 heterocycles. The number of aryl methyl sites for hydroxylation is 1. The van der Waals surface area contributed by atoms with Crippen molar-refractivity contribution in [1.29, 1.82) is 0 Å². The third-order valence-corrected chi connectivity index (χ3v) is 5.15. The Labute approximate surface area is 173 Å². The Kier molecular flexibility index (Phi) is 5.03. The van der Waals surface area contributed by atoms with E-state index in [1.807, 2.05) is 54.8 Å². The fourth-order valence-corrected chi connectivity index (χ4v) is 3.77. The highest BCUT2D eigenvalue weighted by Gasteiger charge is 2.24. The second kappa shape index (κ2) is 7.64. The maximum absolute atomic E-state index is 12.9. The molecule has 0 bridgehead atoms. The molecular weight excluding hydrogens is 390 g/mol. The molecule has 1 N–H and O–H groups in total. The van der Waals surface area contributed by atoms with E-state index in [2.05, 4.69) is 5.32 Å². The van der Waals surface area contributed by atoms with Crippen molar-refractivity contribution in [3.63, 3.8) is 0 Å². The second-order valence-corrected chi connectivity index (χ2v) is 7.31. The quantitative estimate of drug-likeness (QED) is 0.662. The van der Waals surface area contributed by atoms with Gasteiger partial charge in [-0.25, -0.2) is 4.79 Å². The third kappa shape index (κ3) is 3.71. The van der Waals surface area contributed by atoms with Crippen LogP contribution >= 0.6 is 11.6 Å². The lowest BCUT2D eigenvalue weighted by Crippen LogP contribution is -2.23. The predicted molar refractivity (Wildman–Crippen MR) is 113 cm³/mol. The van der Waals surface area contributed by atoms with E-state index in [1.165, 1.54) is 0 Å². The molecule has 0 saturated carbocycles. The first-order chi connectivity index (χ1) is 13.9. The van der Waals surface area contributed by atoms with Gasteiger partial charge in [0.05, 0.1) is 12.1 Å². The molecule has 2 amide bonds. The van der Waals surface area contributed by atoms with Gasteiger partial charge in [-0.05, 0) is 56.3 Å². The monoisotopic (exact) mass is 409 g/mol. The average Bonchev–Trinajstić information content (AvgIpc) is 3.24. The number of aromatic nitrogens is 1. The molecule has 1 aromatic heterocycles. The van der Waals surface area contributed by atoms with Crippen LogP contribution in [0.2, 0.25) is 5.02 Å². The van der Waals surface area contributed by atoms with Gasteiger partial charge >= 0.3 is 6.09 Å². The molecule has 4 rings (SSSR count). The molecule has 6 nitrogen and oxygen atoms in total. The zero-order valence-electron chi connectivity index (χ0n) is 16.1. The van der Waals surface area contributed by atoms with Crippen molar-refractivity contribution in [3.8, 4) is 5.69 Å². The Hall–Kier alpha value is -3.25. The maximum Gasteiger partial charge on any atom is 0.414 e. The van der Waals surface area contributed by atoms with Crippen molar-refractivity contribution in [1.82, 2.24) is 4.57 Å². The van der Waals surface area contributed by atoms with Crippen LogP contribution in [0.1, 0.15) is 21.7 Å². The summed E-state index contributed by atoms with van der Waals surface area (Å²) < 4.78 is 6.98. The van der Waals surface area contributed by atoms with Gasteiger partial charge in [-0.2, -0.15) is 0 Å². The van der Waals surface area contributed by atoms with E-state index in [0.29, 0.717) is 35.1 Å². The molecule has 1 aliphatic rings. The van der Waals surface area contributed by atoms with E-state index < -0.39 is 0 Å². The Morgan fingerprint density at radius 2 is 1.83 bits per heavy atom. The molecule has 0 atom stereocenters. The van der Waals surface area contributed by atoms with Gasteiger partial charge in [0.25, 0.3) is 5.91 Å². The van der Waals surface area contributed by atoms with Crippen molar-refractivity contribution >= 4 is 35.0 Å². The van der Waals surface area contributed by atoms with Crippen molar-refractivity contribution in [2.45, 2.75) is 13.8 Å². The number of carbonyl (C=O) groups is 2. The first-order valence-corrected chi connectivity index (χ1v) is 9.62. The van der Waals surface area contributed by atoms with Crippen LogP contribution in [0.15, 0.2) is 54.6 Å². The van der Waals surface area contributed by atoms with Crippen LogP contribution in [0.25, 0.3) is 5.69 Å². The SMILES string of the molecule is Cc1cc(C(=O)Nc2cccc(N3CCOC3=O)c2)c(C)n1-c1cccc(Cl)c1. The summed E-state index contributed by atoms with van der Waals surface area (Å²) >= 11 is 6.13.